The molecule has 1 fully saturated rings. The normalized spacial score (nSPS) is 15.9. The Morgan fingerprint density at radius 1 is 1.31 bits per heavy atom. The Bertz CT molecular complexity index is 1220. The van der Waals surface area contributed by atoms with Gasteiger partial charge in [-0.15, -0.1) is 0 Å². The fourth-order valence-corrected chi connectivity index (χ4v) is 3.88. The van der Waals surface area contributed by atoms with Gasteiger partial charge < -0.3 is 16.0 Å². The van der Waals surface area contributed by atoms with Crippen LogP contribution in [-0.4, -0.2) is 38.7 Å². The lowest BCUT2D eigenvalue weighted by atomic mass is 9.97. The maximum absolute atomic E-state index is 14.1. The zero-order valence-corrected chi connectivity index (χ0v) is 17.8. The average Bonchev–Trinajstić information content (AvgIpc) is 3.09. The summed E-state index contributed by atoms with van der Waals surface area (Å²) in [6.45, 7) is 3.06. The van der Waals surface area contributed by atoms with Crippen LogP contribution in [-0.2, 0) is 11.8 Å². The van der Waals surface area contributed by atoms with Crippen molar-refractivity contribution < 1.29 is 9.18 Å². The quantitative estimate of drug-likeness (QED) is 0.646. The molecule has 3 N–H and O–H groups in total. The van der Waals surface area contributed by atoms with Crippen LogP contribution < -0.4 is 16.0 Å². The van der Waals surface area contributed by atoms with E-state index < -0.39 is 5.82 Å². The van der Waals surface area contributed by atoms with Gasteiger partial charge >= 0.3 is 0 Å². The van der Waals surface area contributed by atoms with E-state index in [4.69, 9.17) is 11.0 Å². The van der Waals surface area contributed by atoms with Crippen LogP contribution in [0.2, 0.25) is 0 Å². The van der Waals surface area contributed by atoms with Gasteiger partial charge in [0.05, 0.1) is 22.9 Å². The van der Waals surface area contributed by atoms with Crippen molar-refractivity contribution in [3.8, 4) is 17.3 Å². The SMILES string of the molecule is Cc1cc(NC(=O)[C@H]2CCCN(c3cc(-c4ccc(C#N)c(F)c4)nc(N)n3)C2)n(C)n1. The van der Waals surface area contributed by atoms with E-state index in [2.05, 4.69) is 20.4 Å². The van der Waals surface area contributed by atoms with Crippen LogP contribution in [0, 0.1) is 30.0 Å². The first kappa shape index (κ1) is 21.2. The molecule has 9 nitrogen and oxygen atoms in total. The third-order valence-corrected chi connectivity index (χ3v) is 5.48. The van der Waals surface area contributed by atoms with E-state index >= 15 is 0 Å². The predicted octanol–water partition coefficient (Wildman–Crippen LogP) is 2.63. The van der Waals surface area contributed by atoms with Gasteiger partial charge in [-0.2, -0.15) is 15.3 Å². The number of nitrogen functional groups attached to an aromatic ring is 1. The summed E-state index contributed by atoms with van der Waals surface area (Å²) >= 11 is 0. The number of amides is 1. The molecule has 0 bridgehead atoms. The number of piperidine rings is 1. The van der Waals surface area contributed by atoms with Gasteiger partial charge in [0.1, 0.15) is 23.5 Å². The number of rotatable bonds is 4. The van der Waals surface area contributed by atoms with E-state index in [9.17, 15) is 9.18 Å². The summed E-state index contributed by atoms with van der Waals surface area (Å²) in [5, 5.41) is 16.1. The van der Waals surface area contributed by atoms with Gasteiger partial charge in [0, 0.05) is 37.8 Å². The lowest BCUT2D eigenvalue weighted by molar-refractivity contribution is -0.120. The van der Waals surface area contributed by atoms with E-state index in [-0.39, 0.29) is 23.3 Å². The molecule has 2 aromatic heterocycles. The smallest absolute Gasteiger partial charge is 0.230 e. The number of carbonyl (C=O) groups is 1. The lowest BCUT2D eigenvalue weighted by Gasteiger charge is -2.33. The van der Waals surface area contributed by atoms with E-state index in [1.54, 1.807) is 29.9 Å². The highest BCUT2D eigenvalue weighted by Gasteiger charge is 2.28. The topological polar surface area (TPSA) is 126 Å². The largest absolute Gasteiger partial charge is 0.368 e. The standard InChI is InChI=1S/C22H23FN8O/c1-13-8-19(30(2)29-13)27-21(32)16-4-3-7-31(12-16)20-10-18(26-22(25)28-20)14-5-6-15(11-24)17(23)9-14/h5-6,8-10,16H,3-4,7,12H2,1-2H3,(H,27,32)(H2,25,26,28)/t16-/m0/s1. The molecule has 1 amide bonds. The Morgan fingerprint density at radius 3 is 2.81 bits per heavy atom. The first-order valence-electron chi connectivity index (χ1n) is 10.2. The number of carbonyl (C=O) groups excluding carboxylic acids is 1. The number of nitrogens with zero attached hydrogens (tertiary/aromatic N) is 6. The number of nitrogens with two attached hydrogens (primary N) is 1. The first-order valence-corrected chi connectivity index (χ1v) is 10.2. The van der Waals surface area contributed by atoms with Crippen molar-refractivity contribution in [2.75, 3.05) is 29.0 Å². The maximum atomic E-state index is 14.1. The molecular weight excluding hydrogens is 411 g/mol. The Labute approximate surface area is 184 Å². The molecular formula is C22H23FN8O. The summed E-state index contributed by atoms with van der Waals surface area (Å²) in [5.41, 5.74) is 7.67. The summed E-state index contributed by atoms with van der Waals surface area (Å²) in [6.07, 6.45) is 1.57. The minimum atomic E-state index is -0.621. The monoisotopic (exact) mass is 434 g/mol. The molecule has 0 spiro atoms. The zero-order chi connectivity index (χ0) is 22.8. The second-order valence-corrected chi connectivity index (χ2v) is 7.84. The number of hydrogen-bond donors (Lipinski definition) is 2. The second-order valence-electron chi connectivity index (χ2n) is 7.84. The third kappa shape index (κ3) is 4.37. The molecule has 0 aliphatic carbocycles. The summed E-state index contributed by atoms with van der Waals surface area (Å²) in [4.78, 5) is 23.4. The van der Waals surface area contributed by atoms with Crippen molar-refractivity contribution >= 4 is 23.5 Å². The molecule has 3 heterocycles. The highest BCUT2D eigenvalue weighted by Crippen LogP contribution is 2.28. The zero-order valence-electron chi connectivity index (χ0n) is 17.8. The average molecular weight is 434 g/mol. The molecule has 32 heavy (non-hydrogen) atoms. The van der Waals surface area contributed by atoms with Gasteiger partial charge in [-0.25, -0.2) is 9.37 Å². The molecule has 10 heteroatoms. The number of nitrogens with one attached hydrogen (secondary N) is 1. The van der Waals surface area contributed by atoms with Crippen LogP contribution in [0.25, 0.3) is 11.3 Å². The number of hydrogen-bond acceptors (Lipinski definition) is 7. The van der Waals surface area contributed by atoms with Crippen molar-refractivity contribution in [2.45, 2.75) is 19.8 Å². The van der Waals surface area contributed by atoms with Crippen LogP contribution in [0.5, 0.6) is 0 Å². The van der Waals surface area contributed by atoms with Crippen molar-refractivity contribution in [1.82, 2.24) is 19.7 Å². The molecule has 1 atom stereocenters. The summed E-state index contributed by atoms with van der Waals surface area (Å²) < 4.78 is 15.7. The fraction of sp³-hybridized carbons (Fsp3) is 0.318. The lowest BCUT2D eigenvalue weighted by Crippen LogP contribution is -2.41. The van der Waals surface area contributed by atoms with Crippen LogP contribution in [0.4, 0.5) is 22.0 Å². The Hall–Kier alpha value is -4.00. The number of nitriles is 1. The van der Waals surface area contributed by atoms with Crippen LogP contribution in [0.3, 0.4) is 0 Å². The van der Waals surface area contributed by atoms with Crippen molar-refractivity contribution in [3.63, 3.8) is 0 Å². The predicted molar refractivity (Wildman–Crippen MR) is 118 cm³/mol. The molecule has 0 radical (unpaired) electrons. The molecule has 0 saturated carbocycles. The van der Waals surface area contributed by atoms with Gasteiger partial charge in [-0.1, -0.05) is 6.07 Å². The number of aryl methyl sites for hydroxylation is 2. The molecule has 3 aromatic rings. The minimum Gasteiger partial charge on any atom is -0.368 e. The number of halogens is 1. The molecule has 1 saturated heterocycles. The van der Waals surface area contributed by atoms with E-state index in [0.29, 0.717) is 36.0 Å². The molecule has 1 aliphatic rings. The van der Waals surface area contributed by atoms with Crippen LogP contribution in [0.15, 0.2) is 30.3 Å². The number of aromatic nitrogens is 4. The summed E-state index contributed by atoms with van der Waals surface area (Å²) in [7, 11) is 1.78. The van der Waals surface area contributed by atoms with Crippen molar-refractivity contribution in [1.29, 1.82) is 5.26 Å². The minimum absolute atomic E-state index is 0.0375. The highest BCUT2D eigenvalue weighted by molar-refractivity contribution is 5.92. The molecule has 4 rings (SSSR count). The third-order valence-electron chi connectivity index (χ3n) is 5.48. The van der Waals surface area contributed by atoms with Crippen molar-refractivity contribution in [3.05, 3.63) is 47.4 Å². The molecule has 164 valence electrons. The Morgan fingerprint density at radius 2 is 2.12 bits per heavy atom. The van der Waals surface area contributed by atoms with Gasteiger partial charge in [-0.05, 0) is 31.9 Å². The highest BCUT2D eigenvalue weighted by atomic mass is 19.1. The van der Waals surface area contributed by atoms with Gasteiger partial charge in [0.15, 0.2) is 0 Å². The second kappa shape index (κ2) is 8.63. The maximum Gasteiger partial charge on any atom is 0.230 e. The first-order chi connectivity index (χ1) is 15.3. The van der Waals surface area contributed by atoms with Gasteiger partial charge in [-0.3, -0.25) is 9.48 Å². The van der Waals surface area contributed by atoms with E-state index in [1.807, 2.05) is 17.9 Å². The van der Waals surface area contributed by atoms with Gasteiger partial charge in [0.2, 0.25) is 11.9 Å². The molecule has 1 aromatic carbocycles. The summed E-state index contributed by atoms with van der Waals surface area (Å²) in [6, 6.07) is 9.64. The van der Waals surface area contributed by atoms with Crippen LogP contribution >= 0.6 is 0 Å². The molecule has 0 unspecified atom stereocenters. The fourth-order valence-electron chi connectivity index (χ4n) is 3.88. The number of anilines is 3. The van der Waals surface area contributed by atoms with Gasteiger partial charge in [0.25, 0.3) is 0 Å². The van der Waals surface area contributed by atoms with E-state index in [0.717, 1.165) is 18.5 Å². The summed E-state index contributed by atoms with van der Waals surface area (Å²) in [5.74, 6) is 0.357. The van der Waals surface area contributed by atoms with Crippen molar-refractivity contribution in [2.24, 2.45) is 13.0 Å². The Balaban J connectivity index is 1.54. The van der Waals surface area contributed by atoms with Crippen LogP contribution in [0.1, 0.15) is 24.1 Å². The Kier molecular flexibility index (Phi) is 5.73. The molecule has 1 aliphatic heterocycles. The number of benzene rings is 1. The van der Waals surface area contributed by atoms with E-state index in [1.165, 1.54) is 12.1 Å².